The van der Waals surface area contributed by atoms with Crippen molar-refractivity contribution in [3.63, 3.8) is 0 Å². The summed E-state index contributed by atoms with van der Waals surface area (Å²) in [7, 11) is 2.03. The molecule has 1 aromatic carbocycles. The second kappa shape index (κ2) is 5.42. The summed E-state index contributed by atoms with van der Waals surface area (Å²) in [5, 5.41) is 3.37. The van der Waals surface area contributed by atoms with Gasteiger partial charge in [-0.15, -0.1) is 0 Å². The van der Waals surface area contributed by atoms with Crippen LogP contribution in [0.25, 0.3) is 0 Å². The quantitative estimate of drug-likeness (QED) is 0.818. The fourth-order valence-corrected chi connectivity index (χ4v) is 2.31. The van der Waals surface area contributed by atoms with Gasteiger partial charge in [0.2, 0.25) is 0 Å². The van der Waals surface area contributed by atoms with Crippen molar-refractivity contribution in [3.05, 3.63) is 34.9 Å². The molecular weight excluding hydrogens is 190 g/mol. The first kappa shape index (κ1) is 11.6. The first-order valence-corrected chi connectivity index (χ1v) is 6.31. The molecule has 0 fully saturated rings. The van der Waals surface area contributed by atoms with Gasteiger partial charge < -0.3 is 5.32 Å². The number of nitrogens with one attached hydrogen (secondary N) is 1. The van der Waals surface area contributed by atoms with E-state index < -0.39 is 0 Å². The van der Waals surface area contributed by atoms with E-state index in [0.29, 0.717) is 6.04 Å². The Bertz CT molecular complexity index is 296. The van der Waals surface area contributed by atoms with Gasteiger partial charge in [0.05, 0.1) is 0 Å². The van der Waals surface area contributed by atoms with E-state index in [-0.39, 0.29) is 0 Å². The highest BCUT2D eigenvalue weighted by Crippen LogP contribution is 2.21. The molecule has 1 nitrogen and oxygen atoms in total. The summed E-state index contributed by atoms with van der Waals surface area (Å²) in [6.45, 7) is 4.33. The van der Waals surface area contributed by atoms with E-state index in [1.807, 2.05) is 18.8 Å². The van der Waals surface area contributed by atoms with E-state index in [2.05, 4.69) is 43.6 Å². The molecule has 0 amide bonds. The summed E-state index contributed by atoms with van der Waals surface area (Å²) in [6.07, 6.45) is 2.15. The van der Waals surface area contributed by atoms with Crippen molar-refractivity contribution in [2.24, 2.45) is 0 Å². The van der Waals surface area contributed by atoms with Crippen LogP contribution >= 0.6 is 11.8 Å². The van der Waals surface area contributed by atoms with Gasteiger partial charge in [-0.2, -0.15) is 11.8 Å². The molecule has 78 valence electrons. The summed E-state index contributed by atoms with van der Waals surface area (Å²) < 4.78 is 0. The van der Waals surface area contributed by atoms with Crippen LogP contribution in [0.4, 0.5) is 0 Å². The van der Waals surface area contributed by atoms with Crippen LogP contribution in [0.1, 0.15) is 22.7 Å². The standard InChI is InChI=1S/C12H19NS/c1-9-5-6-10(2)11(7-9)12(13-3)8-14-4/h5-7,12-13H,8H2,1-4H3. The monoisotopic (exact) mass is 209 g/mol. The summed E-state index contributed by atoms with van der Waals surface area (Å²) in [5.74, 6) is 1.13. The van der Waals surface area contributed by atoms with Crippen LogP contribution < -0.4 is 5.32 Å². The molecule has 0 aliphatic heterocycles. The van der Waals surface area contributed by atoms with Crippen LogP contribution in [0.2, 0.25) is 0 Å². The Morgan fingerprint density at radius 3 is 2.64 bits per heavy atom. The molecule has 0 bridgehead atoms. The van der Waals surface area contributed by atoms with Gasteiger partial charge in [0.15, 0.2) is 0 Å². The lowest BCUT2D eigenvalue weighted by Gasteiger charge is -2.18. The van der Waals surface area contributed by atoms with Gasteiger partial charge in [-0.05, 0) is 38.3 Å². The first-order chi connectivity index (χ1) is 6.69. The lowest BCUT2D eigenvalue weighted by Crippen LogP contribution is -2.19. The fraction of sp³-hybridized carbons (Fsp3) is 0.500. The molecule has 0 aromatic heterocycles. The number of hydrogen-bond acceptors (Lipinski definition) is 2. The molecule has 0 saturated heterocycles. The number of hydrogen-bond donors (Lipinski definition) is 1. The molecular formula is C12H19NS. The SMILES string of the molecule is CNC(CSC)c1cc(C)ccc1C. The third-order valence-electron chi connectivity index (χ3n) is 2.49. The Morgan fingerprint density at radius 1 is 1.36 bits per heavy atom. The van der Waals surface area contributed by atoms with Gasteiger partial charge in [-0.1, -0.05) is 23.8 Å². The number of benzene rings is 1. The van der Waals surface area contributed by atoms with Crippen LogP contribution in [0.3, 0.4) is 0 Å². The van der Waals surface area contributed by atoms with Crippen LogP contribution in [0.15, 0.2) is 18.2 Å². The first-order valence-electron chi connectivity index (χ1n) is 4.92. The Kier molecular flexibility index (Phi) is 4.49. The van der Waals surface area contributed by atoms with Gasteiger partial charge in [0, 0.05) is 11.8 Å². The molecule has 0 saturated carbocycles. The van der Waals surface area contributed by atoms with E-state index in [1.165, 1.54) is 16.7 Å². The molecule has 1 N–H and O–H groups in total. The predicted octanol–water partition coefficient (Wildman–Crippen LogP) is 2.93. The summed E-state index contributed by atoms with van der Waals surface area (Å²) in [4.78, 5) is 0. The summed E-state index contributed by atoms with van der Waals surface area (Å²) in [6, 6.07) is 7.14. The van der Waals surface area contributed by atoms with Crippen LogP contribution in [0.5, 0.6) is 0 Å². The Balaban J connectivity index is 2.96. The maximum atomic E-state index is 3.37. The zero-order valence-electron chi connectivity index (χ0n) is 9.42. The van der Waals surface area contributed by atoms with Crippen LogP contribution in [0, 0.1) is 13.8 Å². The van der Waals surface area contributed by atoms with Gasteiger partial charge in [-0.3, -0.25) is 0 Å². The van der Waals surface area contributed by atoms with E-state index in [9.17, 15) is 0 Å². The van der Waals surface area contributed by atoms with E-state index in [4.69, 9.17) is 0 Å². The lowest BCUT2D eigenvalue weighted by molar-refractivity contribution is 0.658. The highest BCUT2D eigenvalue weighted by atomic mass is 32.2. The second-order valence-corrected chi connectivity index (χ2v) is 4.57. The highest BCUT2D eigenvalue weighted by Gasteiger charge is 2.10. The summed E-state index contributed by atoms with van der Waals surface area (Å²) in [5.41, 5.74) is 4.15. The Morgan fingerprint density at radius 2 is 2.07 bits per heavy atom. The maximum absolute atomic E-state index is 3.37. The van der Waals surface area contributed by atoms with Crippen molar-refractivity contribution in [2.45, 2.75) is 19.9 Å². The number of thioether (sulfide) groups is 1. The molecule has 1 aromatic rings. The largest absolute Gasteiger partial charge is 0.312 e. The summed E-state index contributed by atoms with van der Waals surface area (Å²) >= 11 is 1.88. The molecule has 0 heterocycles. The van der Waals surface area contributed by atoms with Gasteiger partial charge in [-0.25, -0.2) is 0 Å². The van der Waals surface area contributed by atoms with Gasteiger partial charge >= 0.3 is 0 Å². The molecule has 0 radical (unpaired) electrons. The zero-order valence-corrected chi connectivity index (χ0v) is 10.2. The molecule has 1 rings (SSSR count). The van der Waals surface area contributed by atoms with Crippen molar-refractivity contribution >= 4 is 11.8 Å². The van der Waals surface area contributed by atoms with E-state index in [1.54, 1.807) is 0 Å². The number of rotatable bonds is 4. The third-order valence-corrected chi connectivity index (χ3v) is 3.16. The van der Waals surface area contributed by atoms with Crippen LogP contribution in [-0.2, 0) is 0 Å². The molecule has 2 heteroatoms. The Labute approximate surface area is 91.3 Å². The molecule has 0 spiro atoms. The smallest absolute Gasteiger partial charge is 0.0412 e. The minimum Gasteiger partial charge on any atom is -0.312 e. The normalized spacial score (nSPS) is 12.9. The van der Waals surface area contributed by atoms with E-state index in [0.717, 1.165) is 5.75 Å². The molecule has 0 aliphatic carbocycles. The van der Waals surface area contributed by atoms with Crippen molar-refractivity contribution in [2.75, 3.05) is 19.1 Å². The topological polar surface area (TPSA) is 12.0 Å². The van der Waals surface area contributed by atoms with Crippen molar-refractivity contribution in [3.8, 4) is 0 Å². The number of aryl methyl sites for hydroxylation is 2. The third kappa shape index (κ3) is 2.76. The molecule has 14 heavy (non-hydrogen) atoms. The second-order valence-electron chi connectivity index (χ2n) is 3.66. The molecule has 1 atom stereocenters. The minimum absolute atomic E-state index is 0.477. The molecule has 1 unspecified atom stereocenters. The Hall–Kier alpha value is -0.470. The van der Waals surface area contributed by atoms with Crippen molar-refractivity contribution < 1.29 is 0 Å². The lowest BCUT2D eigenvalue weighted by atomic mass is 10.0. The maximum Gasteiger partial charge on any atom is 0.0412 e. The highest BCUT2D eigenvalue weighted by molar-refractivity contribution is 7.98. The zero-order chi connectivity index (χ0) is 10.6. The van der Waals surface area contributed by atoms with E-state index >= 15 is 0 Å². The van der Waals surface area contributed by atoms with Gasteiger partial charge in [0.25, 0.3) is 0 Å². The van der Waals surface area contributed by atoms with Crippen LogP contribution in [-0.4, -0.2) is 19.1 Å². The average molecular weight is 209 g/mol. The molecule has 0 aliphatic rings. The van der Waals surface area contributed by atoms with Crippen molar-refractivity contribution in [1.29, 1.82) is 0 Å². The van der Waals surface area contributed by atoms with Crippen molar-refractivity contribution in [1.82, 2.24) is 5.32 Å². The predicted molar refractivity (Wildman–Crippen MR) is 66.1 cm³/mol. The minimum atomic E-state index is 0.477. The van der Waals surface area contributed by atoms with Gasteiger partial charge in [0.1, 0.15) is 0 Å². The fourth-order valence-electron chi connectivity index (χ4n) is 1.63. The average Bonchev–Trinajstić information content (AvgIpc) is 2.18.